The quantitative estimate of drug-likeness (QED) is 0.672. The van der Waals surface area contributed by atoms with E-state index in [1.807, 2.05) is 51.1 Å². The molecule has 0 spiro atoms. The maximum absolute atomic E-state index is 12.5. The molecule has 1 heterocycles. The number of anilines is 1. The monoisotopic (exact) mass is 339 g/mol. The molecule has 2 aromatic carbocycles. The molecular formula is C19H21N3O3. The van der Waals surface area contributed by atoms with Crippen LogP contribution in [0.25, 0.3) is 0 Å². The first kappa shape index (κ1) is 17.0. The Labute approximate surface area is 146 Å². The Morgan fingerprint density at radius 2 is 1.84 bits per heavy atom. The lowest BCUT2D eigenvalue weighted by atomic mass is 9.92. The Morgan fingerprint density at radius 3 is 2.44 bits per heavy atom. The van der Waals surface area contributed by atoms with Crippen molar-refractivity contribution in [2.24, 2.45) is 0 Å². The van der Waals surface area contributed by atoms with Gasteiger partial charge in [0.25, 0.3) is 11.6 Å². The predicted octanol–water partition coefficient (Wildman–Crippen LogP) is 4.09. The highest BCUT2D eigenvalue weighted by molar-refractivity contribution is 6.01. The van der Waals surface area contributed by atoms with Crippen LogP contribution in [-0.2, 0) is 5.54 Å². The number of benzene rings is 2. The third kappa shape index (κ3) is 2.73. The Hall–Kier alpha value is -2.89. The van der Waals surface area contributed by atoms with Crippen LogP contribution in [0.2, 0.25) is 0 Å². The zero-order chi connectivity index (χ0) is 18.4. The lowest BCUT2D eigenvalue weighted by molar-refractivity contribution is -0.384. The van der Waals surface area contributed by atoms with E-state index in [0.717, 1.165) is 5.56 Å². The molecule has 0 aromatic heterocycles. The number of nitro groups is 1. The molecule has 130 valence electrons. The molecule has 0 unspecified atom stereocenters. The summed E-state index contributed by atoms with van der Waals surface area (Å²) in [5.74, 6) is -0.120. The first-order valence-corrected chi connectivity index (χ1v) is 8.16. The molecular weight excluding hydrogens is 318 g/mol. The molecule has 6 heteroatoms. The van der Waals surface area contributed by atoms with Gasteiger partial charge in [0, 0.05) is 24.7 Å². The second-order valence-electron chi connectivity index (χ2n) is 6.87. The van der Waals surface area contributed by atoms with Crippen LogP contribution in [0.5, 0.6) is 0 Å². The van der Waals surface area contributed by atoms with Crippen molar-refractivity contribution in [3.05, 3.63) is 69.3 Å². The summed E-state index contributed by atoms with van der Waals surface area (Å²) in [6.07, 6.45) is 0. The molecule has 0 saturated carbocycles. The van der Waals surface area contributed by atoms with E-state index in [2.05, 4.69) is 5.32 Å². The van der Waals surface area contributed by atoms with Crippen LogP contribution in [-0.4, -0.2) is 22.8 Å². The van der Waals surface area contributed by atoms with E-state index in [4.69, 9.17) is 0 Å². The smallest absolute Gasteiger partial charge is 0.292 e. The summed E-state index contributed by atoms with van der Waals surface area (Å²) >= 11 is 0. The molecule has 1 aliphatic rings. The van der Waals surface area contributed by atoms with E-state index in [0.29, 0.717) is 16.8 Å². The number of fused-ring (bicyclic) bond motifs is 1. The van der Waals surface area contributed by atoms with Crippen LogP contribution < -0.4 is 5.32 Å². The molecule has 0 radical (unpaired) electrons. The van der Waals surface area contributed by atoms with E-state index < -0.39 is 10.5 Å². The molecule has 6 nitrogen and oxygen atoms in total. The Bertz CT molecular complexity index is 846. The molecule has 0 saturated heterocycles. The minimum atomic E-state index is -0.569. The van der Waals surface area contributed by atoms with E-state index >= 15 is 0 Å². The Balaban J connectivity index is 2.06. The average Bonchev–Trinajstić information content (AvgIpc) is 2.75. The topological polar surface area (TPSA) is 75.5 Å². The van der Waals surface area contributed by atoms with Gasteiger partial charge in [-0.3, -0.25) is 14.9 Å². The molecule has 1 N–H and O–H groups in total. The molecule has 2 aromatic rings. The van der Waals surface area contributed by atoms with Crippen molar-refractivity contribution in [2.75, 3.05) is 12.4 Å². The molecule has 3 rings (SSSR count). The molecule has 0 aliphatic carbocycles. The molecule has 25 heavy (non-hydrogen) atoms. The van der Waals surface area contributed by atoms with Gasteiger partial charge < -0.3 is 10.2 Å². The van der Waals surface area contributed by atoms with Crippen molar-refractivity contribution in [3.8, 4) is 0 Å². The maximum Gasteiger partial charge on any atom is 0.292 e. The van der Waals surface area contributed by atoms with Gasteiger partial charge in [-0.05, 0) is 38.0 Å². The second kappa shape index (κ2) is 5.88. The molecule has 1 atom stereocenters. The summed E-state index contributed by atoms with van der Waals surface area (Å²) in [6, 6.07) is 12.7. The minimum Gasteiger partial charge on any atom is -0.373 e. The number of hydrogen-bond donors (Lipinski definition) is 1. The molecule has 1 amide bonds. The highest BCUT2D eigenvalue weighted by Crippen LogP contribution is 2.42. The maximum atomic E-state index is 12.5. The number of rotatable bonds is 4. The molecule has 0 fully saturated rings. The lowest BCUT2D eigenvalue weighted by Crippen LogP contribution is -2.35. The number of carbonyl (C=O) groups is 1. The fourth-order valence-electron chi connectivity index (χ4n) is 3.21. The van der Waals surface area contributed by atoms with Gasteiger partial charge in [-0.25, -0.2) is 0 Å². The summed E-state index contributed by atoms with van der Waals surface area (Å²) in [5, 5.41) is 14.8. The van der Waals surface area contributed by atoms with Crippen molar-refractivity contribution < 1.29 is 9.72 Å². The summed E-state index contributed by atoms with van der Waals surface area (Å²) in [5.41, 5.74) is 1.99. The zero-order valence-corrected chi connectivity index (χ0v) is 14.7. The number of carbonyl (C=O) groups excluding carboxylic acids is 1. The van der Waals surface area contributed by atoms with Gasteiger partial charge in [-0.2, -0.15) is 0 Å². The fraction of sp³-hybridized carbons (Fsp3) is 0.316. The first-order valence-electron chi connectivity index (χ1n) is 8.16. The van der Waals surface area contributed by atoms with Gasteiger partial charge >= 0.3 is 0 Å². The van der Waals surface area contributed by atoms with Crippen LogP contribution in [0.15, 0.2) is 42.5 Å². The van der Waals surface area contributed by atoms with E-state index in [9.17, 15) is 14.9 Å². The van der Waals surface area contributed by atoms with Crippen LogP contribution in [0.1, 0.15) is 48.3 Å². The van der Waals surface area contributed by atoms with Gasteiger partial charge in [-0.15, -0.1) is 0 Å². The number of nitro benzene ring substituents is 1. The third-order valence-electron chi connectivity index (χ3n) is 5.04. The van der Waals surface area contributed by atoms with Gasteiger partial charge in [0.2, 0.25) is 0 Å². The van der Waals surface area contributed by atoms with Gasteiger partial charge in [0.1, 0.15) is 5.69 Å². The van der Waals surface area contributed by atoms with Crippen molar-refractivity contribution in [1.82, 2.24) is 4.90 Å². The van der Waals surface area contributed by atoms with Crippen LogP contribution in [0.3, 0.4) is 0 Å². The number of amides is 1. The largest absolute Gasteiger partial charge is 0.373 e. The summed E-state index contributed by atoms with van der Waals surface area (Å²) in [6.45, 7) is 5.71. The zero-order valence-electron chi connectivity index (χ0n) is 14.7. The van der Waals surface area contributed by atoms with E-state index in [-0.39, 0.29) is 17.6 Å². The lowest BCUT2D eigenvalue weighted by Gasteiger charge is -2.28. The Kier molecular flexibility index (Phi) is 3.99. The van der Waals surface area contributed by atoms with E-state index in [1.54, 1.807) is 18.0 Å². The minimum absolute atomic E-state index is 0.0160. The van der Waals surface area contributed by atoms with E-state index in [1.165, 1.54) is 6.07 Å². The van der Waals surface area contributed by atoms with Gasteiger partial charge in [0.05, 0.1) is 10.5 Å². The Morgan fingerprint density at radius 1 is 1.20 bits per heavy atom. The summed E-state index contributed by atoms with van der Waals surface area (Å²) in [4.78, 5) is 25.3. The highest BCUT2D eigenvalue weighted by atomic mass is 16.6. The number of nitrogens with zero attached hydrogens (tertiary/aromatic N) is 2. The molecule has 1 aliphatic heterocycles. The normalized spacial score (nSPS) is 16.5. The molecule has 0 bridgehead atoms. The average molecular weight is 339 g/mol. The first-order chi connectivity index (χ1) is 11.7. The standard InChI is InChI=1S/C19H21N3O3/c1-12(13-8-6-5-7-9-13)20-16-10-14-15(11-17(16)22(24)25)19(2,3)21(4)18(14)23/h5-12,20H,1-4H3/t12-/m0/s1. The van der Waals surface area contributed by atoms with Crippen LogP contribution in [0.4, 0.5) is 11.4 Å². The predicted molar refractivity (Wildman–Crippen MR) is 96.7 cm³/mol. The SMILES string of the molecule is C[C@H](Nc1cc2c(cc1[N+](=O)[O-])C(C)(C)N(C)C2=O)c1ccccc1. The van der Waals surface area contributed by atoms with Crippen molar-refractivity contribution in [3.63, 3.8) is 0 Å². The van der Waals surface area contributed by atoms with Crippen LogP contribution in [0, 0.1) is 10.1 Å². The van der Waals surface area contributed by atoms with Crippen LogP contribution >= 0.6 is 0 Å². The van der Waals surface area contributed by atoms with Gasteiger partial charge in [0.15, 0.2) is 0 Å². The summed E-state index contributed by atoms with van der Waals surface area (Å²) < 4.78 is 0. The fourth-order valence-corrected chi connectivity index (χ4v) is 3.21. The van der Waals surface area contributed by atoms with Crippen molar-refractivity contribution in [1.29, 1.82) is 0 Å². The van der Waals surface area contributed by atoms with Gasteiger partial charge in [-0.1, -0.05) is 30.3 Å². The van der Waals surface area contributed by atoms with Crippen molar-refractivity contribution in [2.45, 2.75) is 32.4 Å². The number of nitrogens with one attached hydrogen (secondary N) is 1. The highest BCUT2D eigenvalue weighted by Gasteiger charge is 2.42. The number of hydrogen-bond acceptors (Lipinski definition) is 4. The second-order valence-corrected chi connectivity index (χ2v) is 6.87. The van der Waals surface area contributed by atoms with Crippen molar-refractivity contribution >= 4 is 17.3 Å². The summed E-state index contributed by atoms with van der Waals surface area (Å²) in [7, 11) is 1.72. The third-order valence-corrected chi connectivity index (χ3v) is 5.04.